The second-order valence-electron chi connectivity index (χ2n) is 7.43. The Hall–Kier alpha value is -3.48. The number of barbiturate groups is 1. The van der Waals surface area contributed by atoms with Crippen molar-refractivity contribution in [3.05, 3.63) is 65.5 Å². The molecule has 2 aliphatic heterocycles. The summed E-state index contributed by atoms with van der Waals surface area (Å²) >= 11 is 0. The molecule has 6 nitrogen and oxygen atoms in total. The van der Waals surface area contributed by atoms with Gasteiger partial charge in [-0.05, 0) is 60.9 Å². The number of anilines is 2. The van der Waals surface area contributed by atoms with Gasteiger partial charge in [0.25, 0.3) is 11.8 Å². The minimum absolute atomic E-state index is 0.151. The van der Waals surface area contributed by atoms with E-state index in [2.05, 4.69) is 10.2 Å². The first-order valence-corrected chi connectivity index (χ1v) is 10.0. The summed E-state index contributed by atoms with van der Waals surface area (Å²) in [6.07, 6.45) is 6.32. The third-order valence-corrected chi connectivity index (χ3v) is 5.36. The molecule has 4 rings (SSSR count). The van der Waals surface area contributed by atoms with E-state index in [-0.39, 0.29) is 11.3 Å². The van der Waals surface area contributed by atoms with Crippen LogP contribution in [0.1, 0.15) is 31.2 Å². The molecule has 0 aromatic heterocycles. The van der Waals surface area contributed by atoms with Crippen molar-refractivity contribution < 1.29 is 18.8 Å². The number of imide groups is 2. The van der Waals surface area contributed by atoms with Crippen molar-refractivity contribution in [2.75, 3.05) is 22.9 Å². The molecule has 0 aliphatic carbocycles. The Balaban J connectivity index is 1.58. The highest BCUT2D eigenvalue weighted by Crippen LogP contribution is 2.24. The van der Waals surface area contributed by atoms with Crippen LogP contribution >= 0.6 is 0 Å². The SMILES string of the molecule is O=C1NC(=O)N(c2ccc(F)cc2)C(=O)C1=Cc1ccc(N2CCCCCC2)cc1. The molecule has 2 aromatic rings. The number of rotatable bonds is 3. The minimum Gasteiger partial charge on any atom is -0.372 e. The van der Waals surface area contributed by atoms with Crippen LogP contribution in [0.25, 0.3) is 6.08 Å². The van der Waals surface area contributed by atoms with Gasteiger partial charge in [-0.25, -0.2) is 14.1 Å². The molecule has 2 fully saturated rings. The fourth-order valence-corrected chi connectivity index (χ4v) is 3.76. The van der Waals surface area contributed by atoms with Crippen LogP contribution in [0, 0.1) is 5.82 Å². The Morgan fingerprint density at radius 3 is 2.03 bits per heavy atom. The van der Waals surface area contributed by atoms with E-state index in [4.69, 9.17) is 0 Å². The molecule has 0 unspecified atom stereocenters. The highest BCUT2D eigenvalue weighted by atomic mass is 19.1. The summed E-state index contributed by atoms with van der Waals surface area (Å²) < 4.78 is 13.2. The molecule has 7 heteroatoms. The summed E-state index contributed by atoms with van der Waals surface area (Å²) in [6, 6.07) is 11.7. The van der Waals surface area contributed by atoms with Gasteiger partial charge >= 0.3 is 6.03 Å². The molecule has 2 heterocycles. The highest BCUT2D eigenvalue weighted by molar-refractivity contribution is 6.39. The van der Waals surface area contributed by atoms with E-state index >= 15 is 0 Å². The van der Waals surface area contributed by atoms with E-state index in [0.717, 1.165) is 35.8 Å². The molecule has 0 bridgehead atoms. The van der Waals surface area contributed by atoms with Gasteiger partial charge in [0, 0.05) is 18.8 Å². The zero-order valence-electron chi connectivity index (χ0n) is 16.4. The molecule has 2 aliphatic rings. The quantitative estimate of drug-likeness (QED) is 0.619. The van der Waals surface area contributed by atoms with Crippen molar-refractivity contribution in [2.45, 2.75) is 25.7 Å². The fraction of sp³-hybridized carbons (Fsp3) is 0.261. The summed E-state index contributed by atoms with van der Waals surface area (Å²) in [5, 5.41) is 2.17. The predicted octanol–water partition coefficient (Wildman–Crippen LogP) is 3.87. The van der Waals surface area contributed by atoms with Gasteiger partial charge in [-0.1, -0.05) is 25.0 Å². The molecular formula is C23H22FN3O3. The lowest BCUT2D eigenvalue weighted by atomic mass is 10.1. The maximum absolute atomic E-state index is 13.2. The number of carbonyl (C=O) groups excluding carboxylic acids is 3. The van der Waals surface area contributed by atoms with Crippen molar-refractivity contribution >= 4 is 35.3 Å². The number of carbonyl (C=O) groups is 3. The van der Waals surface area contributed by atoms with E-state index in [0.29, 0.717) is 5.56 Å². The Morgan fingerprint density at radius 1 is 0.800 bits per heavy atom. The topological polar surface area (TPSA) is 69.7 Å². The van der Waals surface area contributed by atoms with Crippen LogP contribution in [0.15, 0.2) is 54.1 Å². The van der Waals surface area contributed by atoms with E-state index in [1.54, 1.807) is 0 Å². The van der Waals surface area contributed by atoms with Crippen molar-refractivity contribution in [2.24, 2.45) is 0 Å². The van der Waals surface area contributed by atoms with Crippen molar-refractivity contribution in [3.8, 4) is 0 Å². The highest BCUT2D eigenvalue weighted by Gasteiger charge is 2.36. The van der Waals surface area contributed by atoms with Gasteiger partial charge in [0.1, 0.15) is 11.4 Å². The number of hydrogen-bond donors (Lipinski definition) is 1. The minimum atomic E-state index is -0.856. The van der Waals surface area contributed by atoms with Crippen LogP contribution in [-0.2, 0) is 9.59 Å². The van der Waals surface area contributed by atoms with Crippen LogP contribution in [0.2, 0.25) is 0 Å². The van der Waals surface area contributed by atoms with Gasteiger partial charge in [0.2, 0.25) is 0 Å². The van der Waals surface area contributed by atoms with E-state index < -0.39 is 23.7 Å². The summed E-state index contributed by atoms with van der Waals surface area (Å²) in [5.41, 5.74) is 1.83. The van der Waals surface area contributed by atoms with Gasteiger partial charge in [-0.3, -0.25) is 14.9 Å². The van der Waals surface area contributed by atoms with E-state index in [1.807, 2.05) is 24.3 Å². The first-order valence-electron chi connectivity index (χ1n) is 10.0. The Labute approximate surface area is 174 Å². The molecule has 4 amide bonds. The van der Waals surface area contributed by atoms with Crippen molar-refractivity contribution in [3.63, 3.8) is 0 Å². The summed E-state index contributed by atoms with van der Waals surface area (Å²) in [7, 11) is 0. The zero-order chi connectivity index (χ0) is 21.1. The summed E-state index contributed by atoms with van der Waals surface area (Å²) in [6.45, 7) is 2.05. The van der Waals surface area contributed by atoms with E-state index in [9.17, 15) is 18.8 Å². The largest absolute Gasteiger partial charge is 0.372 e. The first kappa shape index (κ1) is 19.8. The predicted molar refractivity (Wildman–Crippen MR) is 113 cm³/mol. The van der Waals surface area contributed by atoms with Crippen LogP contribution < -0.4 is 15.1 Å². The third kappa shape index (κ3) is 4.10. The second-order valence-corrected chi connectivity index (χ2v) is 7.43. The van der Waals surface area contributed by atoms with Crippen molar-refractivity contribution in [1.82, 2.24) is 5.32 Å². The molecular weight excluding hydrogens is 385 g/mol. The third-order valence-electron chi connectivity index (χ3n) is 5.36. The monoisotopic (exact) mass is 407 g/mol. The molecule has 0 spiro atoms. The van der Waals surface area contributed by atoms with Gasteiger partial charge in [-0.15, -0.1) is 0 Å². The summed E-state index contributed by atoms with van der Waals surface area (Å²) in [5.74, 6) is -1.98. The lowest BCUT2D eigenvalue weighted by Crippen LogP contribution is -2.54. The van der Waals surface area contributed by atoms with Gasteiger partial charge in [0.15, 0.2) is 0 Å². The fourth-order valence-electron chi connectivity index (χ4n) is 3.76. The van der Waals surface area contributed by atoms with E-state index in [1.165, 1.54) is 43.9 Å². The zero-order valence-corrected chi connectivity index (χ0v) is 16.4. The molecule has 2 saturated heterocycles. The Bertz CT molecular complexity index is 991. The average molecular weight is 407 g/mol. The maximum Gasteiger partial charge on any atom is 0.335 e. The van der Waals surface area contributed by atoms with Crippen LogP contribution in [-0.4, -0.2) is 30.9 Å². The van der Waals surface area contributed by atoms with Crippen LogP contribution in [0.4, 0.5) is 20.6 Å². The molecule has 0 radical (unpaired) electrons. The molecule has 0 atom stereocenters. The van der Waals surface area contributed by atoms with Gasteiger partial charge < -0.3 is 4.90 Å². The van der Waals surface area contributed by atoms with Crippen molar-refractivity contribution in [1.29, 1.82) is 0 Å². The number of nitrogens with zero attached hydrogens (tertiary/aromatic N) is 2. The molecule has 0 saturated carbocycles. The number of benzene rings is 2. The standard InChI is InChI=1S/C23H22FN3O3/c24-17-7-11-19(12-8-17)27-22(29)20(21(28)25-23(27)30)15-16-5-9-18(10-6-16)26-13-3-1-2-4-14-26/h5-12,15H,1-4,13-14H2,(H,25,28,30). The summed E-state index contributed by atoms with van der Waals surface area (Å²) in [4.78, 5) is 40.5. The average Bonchev–Trinajstić information content (AvgIpc) is 3.02. The maximum atomic E-state index is 13.2. The number of nitrogens with one attached hydrogen (secondary N) is 1. The number of urea groups is 1. The Morgan fingerprint density at radius 2 is 1.40 bits per heavy atom. The van der Waals surface area contributed by atoms with Gasteiger partial charge in [0.05, 0.1) is 5.69 Å². The number of halogens is 1. The van der Waals surface area contributed by atoms with Crippen LogP contribution in [0.3, 0.4) is 0 Å². The lowest BCUT2D eigenvalue weighted by Gasteiger charge is -2.26. The Kier molecular flexibility index (Phi) is 5.61. The smallest absolute Gasteiger partial charge is 0.335 e. The molecule has 1 N–H and O–H groups in total. The second kappa shape index (κ2) is 8.49. The first-order chi connectivity index (χ1) is 14.5. The molecule has 2 aromatic carbocycles. The molecule has 30 heavy (non-hydrogen) atoms. The van der Waals surface area contributed by atoms with Crippen LogP contribution in [0.5, 0.6) is 0 Å². The lowest BCUT2D eigenvalue weighted by molar-refractivity contribution is -0.122. The normalized spacial score (nSPS) is 19.1. The molecule has 154 valence electrons. The van der Waals surface area contributed by atoms with Gasteiger partial charge in [-0.2, -0.15) is 0 Å². The number of hydrogen-bond acceptors (Lipinski definition) is 4. The number of amides is 4.